The first-order valence-corrected chi connectivity index (χ1v) is 10.7. The van der Waals surface area contributed by atoms with Gasteiger partial charge in [-0.3, -0.25) is 0 Å². The van der Waals surface area contributed by atoms with Crippen molar-refractivity contribution in [3.8, 4) is 11.5 Å². The molecule has 2 aromatic rings. The maximum Gasteiger partial charge on any atom is 0.269 e. The first-order valence-electron chi connectivity index (χ1n) is 10.3. The largest absolute Gasteiger partial charge is 0.494 e. The molecule has 4 nitrogen and oxygen atoms in total. The lowest BCUT2D eigenvalue weighted by Crippen LogP contribution is -2.37. The first kappa shape index (κ1) is 21.3. The number of aryl methyl sites for hydroxylation is 1. The van der Waals surface area contributed by atoms with E-state index in [0.717, 1.165) is 69.1 Å². The van der Waals surface area contributed by atoms with Crippen LogP contribution >= 0.6 is 12.2 Å². The quantitative estimate of drug-likeness (QED) is 0.326. The van der Waals surface area contributed by atoms with Crippen molar-refractivity contribution < 1.29 is 9.47 Å². The monoisotopic (exact) mass is 410 g/mol. The number of hydrogen-bond donors (Lipinski definition) is 0. The zero-order valence-electron chi connectivity index (χ0n) is 17.2. The van der Waals surface area contributed by atoms with Gasteiger partial charge in [-0.25, -0.2) is 0 Å². The summed E-state index contributed by atoms with van der Waals surface area (Å²) in [4.78, 5) is 4.35. The third kappa shape index (κ3) is 6.31. The third-order valence-electron chi connectivity index (χ3n) is 4.98. The summed E-state index contributed by atoms with van der Waals surface area (Å²) in [6.45, 7) is 7.37. The summed E-state index contributed by atoms with van der Waals surface area (Å²) >= 11 is 5.57. The highest BCUT2D eigenvalue weighted by atomic mass is 32.1. The SMILES string of the molecule is C=CCN(C)CCCCOc1ccc2c(c1)CCCN2C(=S)Oc1ccccc1. The Morgan fingerprint density at radius 2 is 2.00 bits per heavy atom. The molecule has 0 unspecified atom stereocenters. The van der Waals surface area contributed by atoms with Crippen LogP contribution in [0.25, 0.3) is 0 Å². The molecule has 0 amide bonds. The second-order valence-corrected chi connectivity index (χ2v) is 7.68. The Balaban J connectivity index is 1.53. The molecule has 154 valence electrons. The van der Waals surface area contributed by atoms with E-state index in [1.165, 1.54) is 5.56 Å². The standard InChI is InChI=1S/C24H30N2O2S/c1-3-15-25(2)16-7-8-18-27-22-13-14-23-20(19-22)10-9-17-26(23)24(29)28-21-11-5-4-6-12-21/h3-6,11-14,19H,1,7-10,15-18H2,2H3. The van der Waals surface area contributed by atoms with Gasteiger partial charge in [0.05, 0.1) is 6.61 Å². The Labute approximate surface area is 179 Å². The van der Waals surface area contributed by atoms with Crippen LogP contribution in [0.3, 0.4) is 0 Å². The normalized spacial score (nSPS) is 13.1. The van der Waals surface area contributed by atoms with Gasteiger partial charge in [0.1, 0.15) is 11.5 Å². The van der Waals surface area contributed by atoms with Crippen LogP contribution in [-0.2, 0) is 6.42 Å². The van der Waals surface area contributed by atoms with Gasteiger partial charge in [0, 0.05) is 18.8 Å². The van der Waals surface area contributed by atoms with E-state index in [9.17, 15) is 0 Å². The van der Waals surface area contributed by atoms with Gasteiger partial charge in [-0.1, -0.05) is 24.3 Å². The minimum Gasteiger partial charge on any atom is -0.494 e. The number of anilines is 1. The number of nitrogens with zero attached hydrogens (tertiary/aromatic N) is 2. The summed E-state index contributed by atoms with van der Waals surface area (Å²) in [5.74, 6) is 1.70. The molecule has 0 saturated carbocycles. The van der Waals surface area contributed by atoms with Gasteiger partial charge in [0.25, 0.3) is 5.17 Å². The molecular weight excluding hydrogens is 380 g/mol. The Bertz CT molecular complexity index is 810. The molecule has 0 atom stereocenters. The highest BCUT2D eigenvalue weighted by Gasteiger charge is 2.22. The number of para-hydroxylation sites is 1. The van der Waals surface area contributed by atoms with Crippen molar-refractivity contribution >= 4 is 23.1 Å². The second-order valence-electron chi connectivity index (χ2n) is 7.33. The molecule has 1 heterocycles. The summed E-state index contributed by atoms with van der Waals surface area (Å²) in [5.41, 5.74) is 2.38. The Hall–Kier alpha value is -2.37. The average molecular weight is 411 g/mol. The first-order chi connectivity index (χ1) is 14.2. The molecule has 0 fully saturated rings. The predicted molar refractivity (Wildman–Crippen MR) is 124 cm³/mol. The van der Waals surface area contributed by atoms with E-state index in [0.29, 0.717) is 5.17 Å². The summed E-state index contributed by atoms with van der Waals surface area (Å²) < 4.78 is 11.9. The van der Waals surface area contributed by atoms with E-state index < -0.39 is 0 Å². The van der Waals surface area contributed by atoms with Crippen LogP contribution in [0, 0.1) is 0 Å². The van der Waals surface area contributed by atoms with Gasteiger partial charge >= 0.3 is 0 Å². The molecule has 0 aromatic heterocycles. The Morgan fingerprint density at radius 1 is 1.17 bits per heavy atom. The van der Waals surface area contributed by atoms with Crippen LogP contribution in [-0.4, -0.2) is 43.4 Å². The van der Waals surface area contributed by atoms with Crippen molar-refractivity contribution in [3.63, 3.8) is 0 Å². The smallest absolute Gasteiger partial charge is 0.269 e. The van der Waals surface area contributed by atoms with E-state index >= 15 is 0 Å². The lowest BCUT2D eigenvalue weighted by Gasteiger charge is -2.31. The van der Waals surface area contributed by atoms with E-state index in [1.54, 1.807) is 0 Å². The number of unbranched alkanes of at least 4 members (excludes halogenated alkanes) is 1. The molecule has 1 aliphatic rings. The molecule has 3 rings (SSSR count). The van der Waals surface area contributed by atoms with Gasteiger partial charge in [-0.05, 0) is 87.4 Å². The molecular formula is C24H30N2O2S. The van der Waals surface area contributed by atoms with Gasteiger partial charge in [0.2, 0.25) is 0 Å². The Morgan fingerprint density at radius 3 is 2.79 bits per heavy atom. The number of fused-ring (bicyclic) bond motifs is 1. The molecule has 5 heteroatoms. The van der Waals surface area contributed by atoms with Crippen LogP contribution in [0.5, 0.6) is 11.5 Å². The van der Waals surface area contributed by atoms with E-state index in [4.69, 9.17) is 21.7 Å². The van der Waals surface area contributed by atoms with Crippen LogP contribution < -0.4 is 14.4 Å². The number of ether oxygens (including phenoxy) is 2. The summed E-state index contributed by atoms with van der Waals surface area (Å²) in [6.07, 6.45) is 6.17. The maximum atomic E-state index is 5.98. The minimum absolute atomic E-state index is 0.495. The van der Waals surface area contributed by atoms with Crippen molar-refractivity contribution in [1.29, 1.82) is 0 Å². The molecule has 0 saturated heterocycles. The maximum absolute atomic E-state index is 5.98. The van der Waals surface area contributed by atoms with Gasteiger partial charge in [0.15, 0.2) is 0 Å². The number of thiocarbonyl (C=S) groups is 1. The Kier molecular flexibility index (Phi) is 8.08. The topological polar surface area (TPSA) is 24.9 Å². The minimum atomic E-state index is 0.495. The van der Waals surface area contributed by atoms with Crippen molar-refractivity contribution in [2.24, 2.45) is 0 Å². The lowest BCUT2D eigenvalue weighted by molar-refractivity contribution is 0.287. The number of rotatable bonds is 9. The summed E-state index contributed by atoms with van der Waals surface area (Å²) in [7, 11) is 2.11. The van der Waals surface area contributed by atoms with Crippen molar-refractivity contribution in [3.05, 3.63) is 66.7 Å². The molecule has 29 heavy (non-hydrogen) atoms. The fourth-order valence-electron chi connectivity index (χ4n) is 3.48. The van der Waals surface area contributed by atoms with Crippen LogP contribution in [0.15, 0.2) is 61.2 Å². The number of likely N-dealkylation sites (N-methyl/N-ethyl adjacent to an activating group) is 1. The van der Waals surface area contributed by atoms with Crippen LogP contribution in [0.1, 0.15) is 24.8 Å². The highest BCUT2D eigenvalue weighted by molar-refractivity contribution is 7.80. The predicted octanol–water partition coefficient (Wildman–Crippen LogP) is 5.08. The lowest BCUT2D eigenvalue weighted by atomic mass is 10.0. The molecule has 0 spiro atoms. The molecule has 1 aliphatic heterocycles. The fraction of sp³-hybridized carbons (Fsp3) is 0.375. The molecule has 2 aromatic carbocycles. The summed E-state index contributed by atoms with van der Waals surface area (Å²) in [6, 6.07) is 16.0. The molecule has 0 N–H and O–H groups in total. The van der Waals surface area contributed by atoms with E-state index in [1.807, 2.05) is 42.5 Å². The summed E-state index contributed by atoms with van der Waals surface area (Å²) in [5, 5.41) is 0.495. The number of hydrogen-bond acceptors (Lipinski definition) is 4. The van der Waals surface area contributed by atoms with Gasteiger partial charge in [-0.2, -0.15) is 0 Å². The fourth-order valence-corrected chi connectivity index (χ4v) is 3.77. The van der Waals surface area contributed by atoms with Gasteiger partial charge < -0.3 is 19.3 Å². The third-order valence-corrected chi connectivity index (χ3v) is 5.29. The van der Waals surface area contributed by atoms with E-state index in [-0.39, 0.29) is 0 Å². The van der Waals surface area contributed by atoms with E-state index in [2.05, 4.69) is 35.6 Å². The highest BCUT2D eigenvalue weighted by Crippen LogP contribution is 2.31. The molecule has 0 aliphatic carbocycles. The van der Waals surface area contributed by atoms with Crippen molar-refractivity contribution in [1.82, 2.24) is 4.90 Å². The van der Waals surface area contributed by atoms with Crippen LogP contribution in [0.4, 0.5) is 5.69 Å². The van der Waals surface area contributed by atoms with Crippen molar-refractivity contribution in [2.45, 2.75) is 25.7 Å². The molecule has 0 radical (unpaired) electrons. The second kappa shape index (κ2) is 11.0. The van der Waals surface area contributed by atoms with Gasteiger partial charge in [-0.15, -0.1) is 6.58 Å². The van der Waals surface area contributed by atoms with Crippen molar-refractivity contribution in [2.75, 3.05) is 38.2 Å². The zero-order valence-corrected chi connectivity index (χ0v) is 18.0. The van der Waals surface area contributed by atoms with Crippen LogP contribution in [0.2, 0.25) is 0 Å². The number of benzene rings is 2. The molecule has 0 bridgehead atoms. The zero-order chi connectivity index (χ0) is 20.5. The average Bonchev–Trinajstić information content (AvgIpc) is 2.74.